The van der Waals surface area contributed by atoms with Crippen molar-refractivity contribution in [1.82, 2.24) is 19.7 Å². The first-order valence-corrected chi connectivity index (χ1v) is 16.6. The number of amides is 1. The van der Waals surface area contributed by atoms with Gasteiger partial charge in [-0.15, -0.1) is 0 Å². The molecule has 0 N–H and O–H groups in total. The number of hydrogen-bond donors (Lipinski definition) is 0. The quantitative estimate of drug-likeness (QED) is 0.371. The van der Waals surface area contributed by atoms with Crippen LogP contribution in [0.15, 0.2) is 42.5 Å². The predicted octanol–water partition coefficient (Wildman–Crippen LogP) is 5.40. The largest absolute Gasteiger partial charge is 0.454 e. The summed E-state index contributed by atoms with van der Waals surface area (Å²) in [5, 5.41) is 0.936. The van der Waals surface area contributed by atoms with Crippen molar-refractivity contribution < 1.29 is 14.3 Å². The van der Waals surface area contributed by atoms with E-state index < -0.39 is 0 Å². The lowest BCUT2D eigenvalue weighted by atomic mass is 9.99. The van der Waals surface area contributed by atoms with Gasteiger partial charge in [-0.25, -0.2) is 4.98 Å². The highest BCUT2D eigenvalue weighted by Gasteiger charge is 2.34. The van der Waals surface area contributed by atoms with Crippen LogP contribution in [0.5, 0.6) is 11.5 Å². The van der Waals surface area contributed by atoms with Crippen LogP contribution in [0.25, 0.3) is 22.0 Å². The number of fused-ring (bicyclic) bond motifs is 2. The fourth-order valence-corrected chi connectivity index (χ4v) is 8.09. The lowest BCUT2D eigenvalue weighted by Crippen LogP contribution is -2.43. The maximum absolute atomic E-state index is 14.6. The van der Waals surface area contributed by atoms with Gasteiger partial charge in [0.1, 0.15) is 5.82 Å². The van der Waals surface area contributed by atoms with Crippen LogP contribution in [0, 0.1) is 0 Å². The predicted molar refractivity (Wildman–Crippen MR) is 169 cm³/mol. The monoisotopic (exact) mass is 581 g/mol. The summed E-state index contributed by atoms with van der Waals surface area (Å²) in [6.45, 7) is 8.90. The molecule has 3 aromatic rings. The van der Waals surface area contributed by atoms with E-state index in [1.807, 2.05) is 12.1 Å². The van der Waals surface area contributed by atoms with Crippen LogP contribution in [0.2, 0.25) is 0 Å². The van der Waals surface area contributed by atoms with Crippen molar-refractivity contribution in [2.75, 3.05) is 64.1 Å². The molecule has 1 aromatic heterocycles. The molecule has 0 saturated carbocycles. The van der Waals surface area contributed by atoms with Gasteiger partial charge in [0.05, 0.1) is 11.1 Å². The molecule has 1 amide bonds. The molecule has 0 spiro atoms. The first-order valence-electron chi connectivity index (χ1n) is 16.6. The summed E-state index contributed by atoms with van der Waals surface area (Å²) >= 11 is 0. The number of carbonyl (C=O) groups is 1. The molecule has 0 radical (unpaired) electrons. The molecule has 2 atom stereocenters. The highest BCUT2D eigenvalue weighted by Crippen LogP contribution is 2.38. The summed E-state index contributed by atoms with van der Waals surface area (Å²) in [6, 6.07) is 15.3. The van der Waals surface area contributed by atoms with E-state index in [1.54, 1.807) is 0 Å². The van der Waals surface area contributed by atoms with E-state index >= 15 is 0 Å². The second-order valence-electron chi connectivity index (χ2n) is 13.1. The Hall–Kier alpha value is -3.36. The molecule has 226 valence electrons. The Kier molecular flexibility index (Phi) is 7.35. The molecule has 5 aliphatic rings. The summed E-state index contributed by atoms with van der Waals surface area (Å²) in [5.74, 6) is 2.67. The van der Waals surface area contributed by atoms with Gasteiger partial charge in [0.2, 0.25) is 6.79 Å². The van der Waals surface area contributed by atoms with E-state index in [-0.39, 0.29) is 18.7 Å². The second-order valence-corrected chi connectivity index (χ2v) is 13.1. The number of nitrogens with zero attached hydrogens (tertiary/aromatic N) is 5. The van der Waals surface area contributed by atoms with Crippen molar-refractivity contribution >= 4 is 22.6 Å². The van der Waals surface area contributed by atoms with Crippen LogP contribution < -0.4 is 14.4 Å². The fourth-order valence-electron chi connectivity index (χ4n) is 8.09. The lowest BCUT2D eigenvalue weighted by Gasteiger charge is -2.31. The minimum Gasteiger partial charge on any atom is -0.454 e. The van der Waals surface area contributed by atoms with Crippen molar-refractivity contribution in [2.45, 2.75) is 63.5 Å². The van der Waals surface area contributed by atoms with Gasteiger partial charge in [0, 0.05) is 43.6 Å². The molecule has 2 aromatic carbocycles. The number of carbonyl (C=O) groups excluding carboxylic acids is 1. The zero-order chi connectivity index (χ0) is 28.8. The third-order valence-corrected chi connectivity index (χ3v) is 10.4. The van der Waals surface area contributed by atoms with E-state index in [0.29, 0.717) is 6.04 Å². The molecule has 8 rings (SSSR count). The average Bonchev–Trinajstić information content (AvgIpc) is 3.88. The zero-order valence-corrected chi connectivity index (χ0v) is 25.2. The Balaban J connectivity index is 1.17. The average molecular weight is 582 g/mol. The van der Waals surface area contributed by atoms with E-state index in [0.717, 1.165) is 97.0 Å². The summed E-state index contributed by atoms with van der Waals surface area (Å²) < 4.78 is 11.2. The maximum atomic E-state index is 14.6. The van der Waals surface area contributed by atoms with Gasteiger partial charge in [-0.1, -0.05) is 12.1 Å². The smallest absolute Gasteiger partial charge is 0.254 e. The zero-order valence-electron chi connectivity index (χ0n) is 25.2. The first-order chi connectivity index (χ1) is 21.2. The van der Waals surface area contributed by atoms with Crippen LogP contribution in [0.3, 0.4) is 0 Å². The maximum Gasteiger partial charge on any atom is 0.254 e. The Bertz CT molecular complexity index is 1500. The third-order valence-electron chi connectivity index (χ3n) is 10.4. The lowest BCUT2D eigenvalue weighted by molar-refractivity contribution is 0.0710. The molecule has 8 nitrogen and oxygen atoms in total. The highest BCUT2D eigenvalue weighted by atomic mass is 16.7. The summed E-state index contributed by atoms with van der Waals surface area (Å²) in [4.78, 5) is 29.7. The molecular weight excluding hydrogens is 538 g/mol. The molecule has 4 saturated heterocycles. The molecule has 0 bridgehead atoms. The SMILES string of the molecule is O=C(c1cc(N2CCC[C@H]2CN2CCCC2)nc2ccc(-c3ccc4c(c3)OCO4)cc12)N1CCC[C@H]1CN1CCCC1. The van der Waals surface area contributed by atoms with Gasteiger partial charge < -0.3 is 29.1 Å². The number of pyridine rings is 1. The number of hydrogen-bond acceptors (Lipinski definition) is 7. The molecule has 6 heterocycles. The van der Waals surface area contributed by atoms with Gasteiger partial charge in [-0.2, -0.15) is 0 Å². The Morgan fingerprint density at radius 3 is 2.21 bits per heavy atom. The summed E-state index contributed by atoms with van der Waals surface area (Å²) in [5.41, 5.74) is 3.79. The van der Waals surface area contributed by atoms with Gasteiger partial charge in [-0.05, 0) is 119 Å². The number of rotatable bonds is 7. The topological polar surface area (TPSA) is 61.4 Å². The third kappa shape index (κ3) is 5.33. The van der Waals surface area contributed by atoms with Crippen LogP contribution in [0.1, 0.15) is 61.7 Å². The second kappa shape index (κ2) is 11.6. The summed E-state index contributed by atoms with van der Waals surface area (Å²) in [7, 11) is 0. The number of ether oxygens (including phenoxy) is 2. The van der Waals surface area contributed by atoms with Gasteiger partial charge in [0.25, 0.3) is 5.91 Å². The van der Waals surface area contributed by atoms with Crippen LogP contribution in [0.4, 0.5) is 5.82 Å². The molecular formula is C35H43N5O3. The summed E-state index contributed by atoms with van der Waals surface area (Å²) in [6.07, 6.45) is 9.68. The molecule has 0 unspecified atom stereocenters. The Morgan fingerprint density at radius 2 is 1.40 bits per heavy atom. The number of anilines is 1. The van der Waals surface area contributed by atoms with Crippen LogP contribution in [-0.4, -0.2) is 96.8 Å². The van der Waals surface area contributed by atoms with Crippen molar-refractivity contribution in [3.05, 3.63) is 48.0 Å². The standard InChI is InChI=1S/C35H43N5O3/c41-35(40-18-6-8-28(40)23-38-15-3-4-16-38)30-21-34(39-17-5-7-27(39)22-37-13-1-2-14-37)36-31-11-9-25(19-29(30)31)26-10-12-32-33(20-26)43-24-42-32/h9-12,19-21,27-28H,1-8,13-18,22-24H2/t27-,28-/m0/s1. The molecule has 4 fully saturated rings. The number of aromatic nitrogens is 1. The molecule has 5 aliphatic heterocycles. The van der Waals surface area contributed by atoms with Gasteiger partial charge in [0.15, 0.2) is 11.5 Å². The van der Waals surface area contributed by atoms with Crippen molar-refractivity contribution in [2.24, 2.45) is 0 Å². The molecule has 8 heteroatoms. The van der Waals surface area contributed by atoms with Gasteiger partial charge in [-0.3, -0.25) is 4.79 Å². The first kappa shape index (κ1) is 27.2. The molecule has 0 aliphatic carbocycles. The Morgan fingerprint density at radius 1 is 0.721 bits per heavy atom. The van der Waals surface area contributed by atoms with Crippen LogP contribution in [-0.2, 0) is 0 Å². The van der Waals surface area contributed by atoms with Crippen LogP contribution >= 0.6 is 0 Å². The van der Waals surface area contributed by atoms with E-state index in [1.165, 1.54) is 51.6 Å². The number of benzene rings is 2. The minimum atomic E-state index is 0.161. The number of likely N-dealkylation sites (tertiary alicyclic amines) is 3. The van der Waals surface area contributed by atoms with Crippen molar-refractivity contribution in [1.29, 1.82) is 0 Å². The highest BCUT2D eigenvalue weighted by molar-refractivity contribution is 6.08. The van der Waals surface area contributed by atoms with E-state index in [2.05, 4.69) is 49.9 Å². The normalized spacial score (nSPS) is 24.2. The van der Waals surface area contributed by atoms with Crippen molar-refractivity contribution in [3.63, 3.8) is 0 Å². The van der Waals surface area contributed by atoms with Crippen molar-refractivity contribution in [3.8, 4) is 22.6 Å². The van der Waals surface area contributed by atoms with Gasteiger partial charge >= 0.3 is 0 Å². The van der Waals surface area contributed by atoms with E-state index in [4.69, 9.17) is 14.5 Å². The Labute approximate surface area is 254 Å². The van der Waals surface area contributed by atoms with E-state index in [9.17, 15) is 4.79 Å². The minimum absolute atomic E-state index is 0.161. The molecule has 43 heavy (non-hydrogen) atoms. The fraction of sp³-hybridized carbons (Fsp3) is 0.543.